The van der Waals surface area contributed by atoms with Crippen molar-refractivity contribution in [2.75, 3.05) is 6.61 Å². The van der Waals surface area contributed by atoms with Gasteiger partial charge in [0.25, 0.3) is 0 Å². The summed E-state index contributed by atoms with van der Waals surface area (Å²) in [5.74, 6) is 5.93. The lowest BCUT2D eigenvalue weighted by molar-refractivity contribution is 0.220. The van der Waals surface area contributed by atoms with Crippen molar-refractivity contribution in [3.05, 3.63) is 35.5 Å². The predicted octanol–water partition coefficient (Wildman–Crippen LogP) is 8.35. The molecular weight excluding hydrogens is 396 g/mol. The minimum Gasteiger partial charge on any atom is -0.409 e. The molecule has 1 atom stereocenters. The first-order valence-corrected chi connectivity index (χ1v) is 14.3. The van der Waals surface area contributed by atoms with Crippen molar-refractivity contribution < 1.29 is 9.53 Å². The second-order valence-electron chi connectivity index (χ2n) is 10.1. The molecule has 0 saturated carbocycles. The van der Waals surface area contributed by atoms with Gasteiger partial charge in [0.15, 0.2) is 0 Å². The molecule has 2 nitrogen and oxygen atoms in total. The highest BCUT2D eigenvalue weighted by Gasteiger charge is 2.46. The van der Waals surface area contributed by atoms with Gasteiger partial charge in [0, 0.05) is 6.42 Å². The predicted molar refractivity (Wildman–Crippen MR) is 141 cm³/mol. The molecule has 0 radical (unpaired) electrons. The molecule has 0 rings (SSSR count). The van der Waals surface area contributed by atoms with Gasteiger partial charge in [0.1, 0.15) is 6.61 Å². The molecule has 0 aliphatic rings. The summed E-state index contributed by atoms with van der Waals surface area (Å²) in [5.41, 5.74) is 5.73. The fourth-order valence-corrected chi connectivity index (χ4v) is 10.2. The average Bonchev–Trinajstić information content (AvgIpc) is 2.64. The molecule has 0 amide bonds. The third-order valence-corrected chi connectivity index (χ3v) is 12.4. The number of allylic oxidation sites excluding steroid dienone is 4. The molecule has 31 heavy (non-hydrogen) atoms. The summed E-state index contributed by atoms with van der Waals surface area (Å²) in [6, 6.07) is 0. The van der Waals surface area contributed by atoms with E-state index in [1.54, 1.807) is 0 Å². The van der Waals surface area contributed by atoms with Crippen LogP contribution in [0.5, 0.6) is 0 Å². The molecule has 0 aromatic rings. The fraction of sp³-hybridized carbons (Fsp3) is 0.714. The first kappa shape index (κ1) is 29.9. The van der Waals surface area contributed by atoms with Gasteiger partial charge in [-0.3, -0.25) is 0 Å². The van der Waals surface area contributed by atoms with E-state index < -0.39 is 8.32 Å². The van der Waals surface area contributed by atoms with Gasteiger partial charge in [0.2, 0.25) is 8.32 Å². The van der Waals surface area contributed by atoms with Crippen LogP contribution in [-0.4, -0.2) is 26.1 Å². The molecule has 178 valence electrons. The third kappa shape index (κ3) is 11.4. The maximum absolute atomic E-state index is 9.09. The summed E-state index contributed by atoms with van der Waals surface area (Å²) >= 11 is 0. The Morgan fingerprint density at radius 2 is 1.48 bits per heavy atom. The maximum Gasteiger partial charge on any atom is 0.201 e. The smallest absolute Gasteiger partial charge is 0.201 e. The summed E-state index contributed by atoms with van der Waals surface area (Å²) in [6.07, 6.45) is 10.9. The highest BCUT2D eigenvalue weighted by atomic mass is 28.4. The van der Waals surface area contributed by atoms with Crippen LogP contribution in [0.1, 0.15) is 101 Å². The largest absolute Gasteiger partial charge is 0.409 e. The Hall–Kier alpha value is -1.08. The molecular formula is C28H50O2Si. The number of aliphatic hydroxyl groups excluding tert-OH is 1. The second kappa shape index (κ2) is 15.7. The Bertz CT molecular complexity index is 622. The molecule has 0 aromatic heterocycles. The molecule has 0 heterocycles. The molecule has 0 fully saturated rings. The Kier molecular flexibility index (Phi) is 15.1. The van der Waals surface area contributed by atoms with Crippen LogP contribution in [0.25, 0.3) is 0 Å². The van der Waals surface area contributed by atoms with E-state index in [0.717, 1.165) is 25.7 Å². The summed E-state index contributed by atoms with van der Waals surface area (Å²) in [7, 11) is -1.99. The third-order valence-electron chi connectivity index (χ3n) is 6.25. The lowest BCUT2D eigenvalue weighted by atomic mass is 10.0. The topological polar surface area (TPSA) is 29.5 Å². The van der Waals surface area contributed by atoms with Crippen molar-refractivity contribution >= 4 is 8.32 Å². The first-order chi connectivity index (χ1) is 14.5. The van der Waals surface area contributed by atoms with Crippen molar-refractivity contribution in [1.29, 1.82) is 0 Å². The lowest BCUT2D eigenvalue weighted by Gasteiger charge is -2.44. The van der Waals surface area contributed by atoms with E-state index in [0.29, 0.717) is 23.0 Å². The van der Waals surface area contributed by atoms with Gasteiger partial charge < -0.3 is 9.53 Å². The normalized spacial score (nSPS) is 14.2. The SMILES string of the molecule is C=C(C)CCC/C(C)=C/CC/C(C)=C/[C@H](CC#CCO)O[Si](C(C)C)(C(C)C)C(C)C. The Balaban J connectivity index is 5.32. The fourth-order valence-electron chi connectivity index (χ4n) is 4.75. The van der Waals surface area contributed by atoms with Gasteiger partial charge in [0.05, 0.1) is 6.10 Å². The summed E-state index contributed by atoms with van der Waals surface area (Å²) in [6.45, 7) is 24.4. The van der Waals surface area contributed by atoms with Crippen molar-refractivity contribution in [1.82, 2.24) is 0 Å². The minimum atomic E-state index is -1.99. The van der Waals surface area contributed by atoms with Crippen molar-refractivity contribution in [3.8, 4) is 11.8 Å². The molecule has 0 bridgehead atoms. The van der Waals surface area contributed by atoms with Gasteiger partial charge >= 0.3 is 0 Å². The summed E-state index contributed by atoms with van der Waals surface area (Å²) in [5, 5.41) is 9.09. The van der Waals surface area contributed by atoms with Crippen LogP contribution in [0.4, 0.5) is 0 Å². The van der Waals surface area contributed by atoms with E-state index in [1.807, 2.05) is 0 Å². The van der Waals surface area contributed by atoms with Crippen molar-refractivity contribution in [2.45, 2.75) is 124 Å². The maximum atomic E-state index is 9.09. The van der Waals surface area contributed by atoms with E-state index in [2.05, 4.69) is 92.9 Å². The molecule has 0 aromatic carbocycles. The van der Waals surface area contributed by atoms with E-state index in [-0.39, 0.29) is 12.7 Å². The van der Waals surface area contributed by atoms with Crippen LogP contribution in [0.2, 0.25) is 16.6 Å². The number of rotatable bonds is 14. The Labute approximate surface area is 195 Å². The second-order valence-corrected chi connectivity index (χ2v) is 15.5. The van der Waals surface area contributed by atoms with Crippen LogP contribution in [0, 0.1) is 11.8 Å². The summed E-state index contributed by atoms with van der Waals surface area (Å²) in [4.78, 5) is 0. The van der Waals surface area contributed by atoms with Crippen LogP contribution >= 0.6 is 0 Å². The summed E-state index contributed by atoms with van der Waals surface area (Å²) < 4.78 is 7.00. The van der Waals surface area contributed by atoms with Crippen LogP contribution in [0.3, 0.4) is 0 Å². The van der Waals surface area contributed by atoms with E-state index >= 15 is 0 Å². The Morgan fingerprint density at radius 3 is 1.97 bits per heavy atom. The van der Waals surface area contributed by atoms with Gasteiger partial charge in [-0.25, -0.2) is 0 Å². The zero-order valence-electron chi connectivity index (χ0n) is 22.0. The molecule has 3 heteroatoms. The zero-order valence-corrected chi connectivity index (χ0v) is 23.0. The van der Waals surface area contributed by atoms with Gasteiger partial charge in [-0.1, -0.05) is 82.3 Å². The van der Waals surface area contributed by atoms with E-state index in [9.17, 15) is 0 Å². The zero-order chi connectivity index (χ0) is 24.0. The highest BCUT2D eigenvalue weighted by Crippen LogP contribution is 2.43. The number of hydrogen-bond acceptors (Lipinski definition) is 2. The quantitative estimate of drug-likeness (QED) is 0.165. The molecule has 1 N–H and O–H groups in total. The standard InChI is InChI=1S/C28H50O2Si/c1-22(2)15-13-16-26(9)17-14-18-27(10)21-28(19-11-12-20-29)30-31(23(3)4,24(5)6)25(7)8/h17,21,23-25,28-29H,1,13-16,18-20H2,2-10H3/b26-17+,27-21+/t28-/m0/s1. The number of hydrogen-bond donors (Lipinski definition) is 1. The molecule has 0 unspecified atom stereocenters. The average molecular weight is 447 g/mol. The van der Waals surface area contributed by atoms with Gasteiger partial charge in [-0.2, -0.15) is 0 Å². The lowest BCUT2D eigenvalue weighted by Crippen LogP contribution is -2.50. The first-order valence-electron chi connectivity index (χ1n) is 12.2. The van der Waals surface area contributed by atoms with Crippen LogP contribution < -0.4 is 0 Å². The molecule has 0 aliphatic carbocycles. The van der Waals surface area contributed by atoms with E-state index in [1.165, 1.54) is 23.1 Å². The highest BCUT2D eigenvalue weighted by molar-refractivity contribution is 6.77. The van der Waals surface area contributed by atoms with E-state index in [4.69, 9.17) is 9.53 Å². The number of aliphatic hydroxyl groups is 1. The monoisotopic (exact) mass is 446 g/mol. The molecule has 0 spiro atoms. The van der Waals surface area contributed by atoms with Crippen LogP contribution in [-0.2, 0) is 4.43 Å². The van der Waals surface area contributed by atoms with Gasteiger partial charge in [-0.15, -0.1) is 6.58 Å². The van der Waals surface area contributed by atoms with Crippen LogP contribution in [0.15, 0.2) is 35.5 Å². The van der Waals surface area contributed by atoms with Gasteiger partial charge in [-0.05, 0) is 69.5 Å². The molecule has 0 aliphatic heterocycles. The Morgan fingerprint density at radius 1 is 0.903 bits per heavy atom. The molecule has 0 saturated heterocycles. The van der Waals surface area contributed by atoms with Crippen molar-refractivity contribution in [2.24, 2.45) is 0 Å². The van der Waals surface area contributed by atoms with Crippen molar-refractivity contribution in [3.63, 3.8) is 0 Å². The minimum absolute atomic E-state index is 0.00133.